The number of hydrogen-bond acceptors (Lipinski definition) is 5. The van der Waals surface area contributed by atoms with Crippen LogP contribution in [0.15, 0.2) is 46.1 Å². The van der Waals surface area contributed by atoms with E-state index in [-0.39, 0.29) is 5.56 Å². The van der Waals surface area contributed by atoms with Crippen molar-refractivity contribution in [3.05, 3.63) is 52.4 Å². The molecule has 23 heavy (non-hydrogen) atoms. The van der Waals surface area contributed by atoms with E-state index in [2.05, 4.69) is 16.9 Å². The van der Waals surface area contributed by atoms with Gasteiger partial charge < -0.3 is 0 Å². The van der Waals surface area contributed by atoms with Gasteiger partial charge in [0.2, 0.25) is 0 Å². The maximum Gasteiger partial charge on any atom is 0.279 e. The SMILES string of the molecule is CCCc1cc(S(C)=O)cc(-c2nc(=O)c3ccccc3s2)n1. The molecule has 0 saturated heterocycles. The smallest absolute Gasteiger partial charge is 0.267 e. The van der Waals surface area contributed by atoms with Crippen LogP contribution in [-0.2, 0) is 17.2 Å². The quantitative estimate of drug-likeness (QED) is 0.728. The molecule has 0 aliphatic heterocycles. The fourth-order valence-corrected chi connectivity index (χ4v) is 3.88. The van der Waals surface area contributed by atoms with Gasteiger partial charge in [0.25, 0.3) is 5.56 Å². The highest BCUT2D eigenvalue weighted by Gasteiger charge is 2.11. The van der Waals surface area contributed by atoms with E-state index in [1.54, 1.807) is 18.4 Å². The van der Waals surface area contributed by atoms with Crippen LogP contribution < -0.4 is 5.56 Å². The highest BCUT2D eigenvalue weighted by Crippen LogP contribution is 2.26. The minimum Gasteiger partial charge on any atom is -0.267 e. The standard InChI is InChI=1S/C17H16N2O2S2/c1-3-6-11-9-12(23(2)21)10-14(18-11)17-19-16(20)13-7-4-5-8-15(13)22-17/h4-5,7-10H,3,6H2,1-2H3. The number of aryl methyl sites for hydroxylation is 1. The molecule has 0 amide bonds. The van der Waals surface area contributed by atoms with Gasteiger partial charge in [-0.2, -0.15) is 4.98 Å². The zero-order valence-electron chi connectivity index (χ0n) is 12.9. The van der Waals surface area contributed by atoms with Crippen molar-refractivity contribution in [2.45, 2.75) is 24.7 Å². The van der Waals surface area contributed by atoms with Crippen molar-refractivity contribution in [1.82, 2.24) is 9.97 Å². The molecule has 1 aromatic carbocycles. The molecule has 0 aliphatic rings. The van der Waals surface area contributed by atoms with Gasteiger partial charge in [0.1, 0.15) is 10.7 Å². The van der Waals surface area contributed by atoms with Crippen LogP contribution in [0, 0.1) is 0 Å². The van der Waals surface area contributed by atoms with Crippen LogP contribution in [0.25, 0.3) is 20.8 Å². The summed E-state index contributed by atoms with van der Waals surface area (Å²) in [6.07, 6.45) is 3.40. The fraction of sp³-hybridized carbons (Fsp3) is 0.235. The third-order valence-electron chi connectivity index (χ3n) is 3.44. The minimum absolute atomic E-state index is 0.254. The van der Waals surface area contributed by atoms with Crippen molar-refractivity contribution in [3.8, 4) is 10.7 Å². The summed E-state index contributed by atoms with van der Waals surface area (Å²) >= 11 is 1.43. The van der Waals surface area contributed by atoms with Crippen molar-refractivity contribution in [2.75, 3.05) is 6.26 Å². The van der Waals surface area contributed by atoms with Crippen molar-refractivity contribution >= 4 is 32.2 Å². The summed E-state index contributed by atoms with van der Waals surface area (Å²) in [4.78, 5) is 21.7. The van der Waals surface area contributed by atoms with Gasteiger partial charge in [-0.25, -0.2) is 0 Å². The average molecular weight is 344 g/mol. The minimum atomic E-state index is -1.10. The maximum absolute atomic E-state index is 12.2. The van der Waals surface area contributed by atoms with E-state index in [4.69, 9.17) is 0 Å². The number of pyridine rings is 1. The van der Waals surface area contributed by atoms with Crippen LogP contribution in [0.3, 0.4) is 0 Å². The number of rotatable bonds is 4. The van der Waals surface area contributed by atoms with Gasteiger partial charge in [0.05, 0.1) is 5.39 Å². The number of aromatic nitrogens is 2. The Bertz CT molecular complexity index is 951. The molecular weight excluding hydrogens is 328 g/mol. The topological polar surface area (TPSA) is 59.9 Å². The lowest BCUT2D eigenvalue weighted by atomic mass is 10.2. The van der Waals surface area contributed by atoms with Crippen molar-refractivity contribution in [1.29, 1.82) is 0 Å². The average Bonchev–Trinajstić information content (AvgIpc) is 2.55. The molecule has 0 aliphatic carbocycles. The third kappa shape index (κ3) is 3.38. The van der Waals surface area contributed by atoms with Crippen molar-refractivity contribution < 1.29 is 4.21 Å². The summed E-state index contributed by atoms with van der Waals surface area (Å²) in [5.74, 6) is 0. The number of hydrogen-bond donors (Lipinski definition) is 0. The van der Waals surface area contributed by atoms with Gasteiger partial charge in [-0.15, -0.1) is 11.3 Å². The lowest BCUT2D eigenvalue weighted by Gasteiger charge is -2.07. The molecule has 0 N–H and O–H groups in total. The van der Waals surface area contributed by atoms with E-state index in [1.807, 2.05) is 24.3 Å². The third-order valence-corrected chi connectivity index (χ3v) is 5.41. The Morgan fingerprint density at radius 3 is 2.70 bits per heavy atom. The van der Waals surface area contributed by atoms with Crippen LogP contribution in [0.2, 0.25) is 0 Å². The summed E-state index contributed by atoms with van der Waals surface area (Å²) in [6, 6.07) is 11.0. The first-order valence-electron chi connectivity index (χ1n) is 7.33. The number of nitrogens with zero attached hydrogens (tertiary/aromatic N) is 2. The summed E-state index contributed by atoms with van der Waals surface area (Å²) in [7, 11) is -1.10. The molecule has 118 valence electrons. The predicted molar refractivity (Wildman–Crippen MR) is 95.4 cm³/mol. The first-order valence-corrected chi connectivity index (χ1v) is 9.70. The van der Waals surface area contributed by atoms with Gasteiger partial charge >= 0.3 is 0 Å². The van der Waals surface area contributed by atoms with Gasteiger partial charge in [0.15, 0.2) is 0 Å². The lowest BCUT2D eigenvalue weighted by molar-refractivity contribution is 0.686. The molecule has 0 fully saturated rings. The molecule has 2 heterocycles. The molecule has 0 saturated carbocycles. The van der Waals surface area contributed by atoms with E-state index in [9.17, 15) is 9.00 Å². The molecular formula is C17H16N2O2S2. The Labute approximate surface area is 140 Å². The van der Waals surface area contributed by atoms with E-state index in [0.29, 0.717) is 21.0 Å². The molecule has 6 heteroatoms. The van der Waals surface area contributed by atoms with Gasteiger partial charge in [-0.1, -0.05) is 25.5 Å². The Hall–Kier alpha value is -1.92. The first-order chi connectivity index (χ1) is 11.1. The number of benzene rings is 1. The largest absolute Gasteiger partial charge is 0.279 e. The second-order valence-corrected chi connectivity index (χ2v) is 7.61. The van der Waals surface area contributed by atoms with Gasteiger partial charge in [-0.3, -0.25) is 14.0 Å². The van der Waals surface area contributed by atoms with Crippen LogP contribution in [0.4, 0.5) is 0 Å². The van der Waals surface area contributed by atoms with E-state index in [0.717, 1.165) is 23.2 Å². The monoisotopic (exact) mass is 344 g/mol. The molecule has 2 aromatic heterocycles. The Kier molecular flexibility index (Phi) is 4.63. The first kappa shape index (κ1) is 16.0. The summed E-state index contributed by atoms with van der Waals surface area (Å²) in [5.41, 5.74) is 1.25. The molecule has 0 bridgehead atoms. The molecule has 3 rings (SSSR count). The summed E-state index contributed by atoms with van der Waals surface area (Å²) in [6.45, 7) is 2.07. The Balaban J connectivity index is 2.21. The van der Waals surface area contributed by atoms with Crippen molar-refractivity contribution in [3.63, 3.8) is 0 Å². The second kappa shape index (κ2) is 6.68. The highest BCUT2D eigenvalue weighted by atomic mass is 32.2. The van der Waals surface area contributed by atoms with Crippen LogP contribution in [-0.4, -0.2) is 20.4 Å². The number of fused-ring (bicyclic) bond motifs is 1. The molecule has 4 nitrogen and oxygen atoms in total. The van der Waals surface area contributed by atoms with Crippen LogP contribution in [0.1, 0.15) is 19.0 Å². The summed E-state index contributed by atoms with van der Waals surface area (Å²) < 4.78 is 12.7. The molecule has 0 spiro atoms. The van der Waals surface area contributed by atoms with Crippen LogP contribution in [0.5, 0.6) is 0 Å². The predicted octanol–water partition coefficient (Wildman–Crippen LogP) is 3.41. The molecule has 1 unspecified atom stereocenters. The van der Waals surface area contributed by atoms with E-state index >= 15 is 0 Å². The molecule has 0 radical (unpaired) electrons. The highest BCUT2D eigenvalue weighted by molar-refractivity contribution is 7.84. The summed E-state index contributed by atoms with van der Waals surface area (Å²) in [5, 5.41) is 1.18. The van der Waals surface area contributed by atoms with Gasteiger partial charge in [-0.05, 0) is 30.7 Å². The second-order valence-electron chi connectivity index (χ2n) is 5.20. The molecule has 3 aromatic rings. The van der Waals surface area contributed by atoms with Crippen LogP contribution >= 0.6 is 11.3 Å². The lowest BCUT2D eigenvalue weighted by Crippen LogP contribution is -2.07. The van der Waals surface area contributed by atoms with Gasteiger partial charge in [0, 0.05) is 32.3 Å². The maximum atomic E-state index is 12.2. The zero-order valence-corrected chi connectivity index (χ0v) is 14.5. The van der Waals surface area contributed by atoms with E-state index in [1.165, 1.54) is 11.3 Å². The zero-order chi connectivity index (χ0) is 16.4. The van der Waals surface area contributed by atoms with E-state index < -0.39 is 10.8 Å². The Morgan fingerprint density at radius 1 is 1.17 bits per heavy atom. The fourth-order valence-electron chi connectivity index (χ4n) is 2.34. The Morgan fingerprint density at radius 2 is 1.96 bits per heavy atom. The normalized spacial score (nSPS) is 12.4. The molecule has 1 atom stereocenters. The van der Waals surface area contributed by atoms with Crippen molar-refractivity contribution in [2.24, 2.45) is 0 Å².